The zero-order chi connectivity index (χ0) is 12.5. The third-order valence-electron chi connectivity index (χ3n) is 3.31. The van der Waals surface area contributed by atoms with E-state index in [0.717, 1.165) is 18.5 Å². The molecule has 0 spiro atoms. The van der Waals surface area contributed by atoms with Gasteiger partial charge in [-0.2, -0.15) is 0 Å². The number of hydrogen-bond acceptors (Lipinski definition) is 3. The fourth-order valence-electron chi connectivity index (χ4n) is 2.20. The van der Waals surface area contributed by atoms with E-state index in [1.165, 1.54) is 0 Å². The second-order valence-electron chi connectivity index (χ2n) is 4.79. The molecule has 4 heteroatoms. The van der Waals surface area contributed by atoms with Crippen molar-refractivity contribution in [2.45, 2.75) is 25.5 Å². The van der Waals surface area contributed by atoms with E-state index in [4.69, 9.17) is 5.73 Å². The number of β-amino-alcohol motifs (C(OH)–C–C–N with tert-alkyl or cyclic N) is 1. The van der Waals surface area contributed by atoms with Crippen LogP contribution in [0.1, 0.15) is 29.3 Å². The molecule has 92 valence electrons. The zero-order valence-corrected chi connectivity index (χ0v) is 10.0. The van der Waals surface area contributed by atoms with Gasteiger partial charge in [0.2, 0.25) is 5.91 Å². The minimum atomic E-state index is -0.513. The fourth-order valence-corrected chi connectivity index (χ4v) is 2.20. The maximum Gasteiger partial charge on any atom is 0.248 e. The number of primary amides is 1. The smallest absolute Gasteiger partial charge is 0.248 e. The van der Waals surface area contributed by atoms with E-state index in [1.807, 2.05) is 25.1 Å². The van der Waals surface area contributed by atoms with Gasteiger partial charge >= 0.3 is 0 Å². The summed E-state index contributed by atoms with van der Waals surface area (Å²) in [5, 5.41) is 9.89. The number of likely N-dealkylation sites (tertiary alicyclic amines) is 1. The largest absolute Gasteiger partial charge is 0.387 e. The Morgan fingerprint density at radius 2 is 2.24 bits per heavy atom. The van der Waals surface area contributed by atoms with Gasteiger partial charge in [-0.15, -0.1) is 0 Å². The topological polar surface area (TPSA) is 66.6 Å². The maximum atomic E-state index is 11.0. The normalized spacial score (nSPS) is 18.7. The fraction of sp³-hybridized carbons (Fsp3) is 0.462. The van der Waals surface area contributed by atoms with Crippen molar-refractivity contribution in [2.75, 3.05) is 13.1 Å². The van der Waals surface area contributed by atoms with Crippen molar-refractivity contribution >= 4 is 5.91 Å². The molecular formula is C13H18N2O2. The first-order valence-corrected chi connectivity index (χ1v) is 5.86. The first-order valence-electron chi connectivity index (χ1n) is 5.86. The molecule has 0 aromatic heterocycles. The summed E-state index contributed by atoms with van der Waals surface area (Å²) in [6.45, 7) is 4.14. The highest BCUT2D eigenvalue weighted by atomic mass is 16.3. The van der Waals surface area contributed by atoms with E-state index < -0.39 is 11.5 Å². The minimum absolute atomic E-state index is 0.402. The number of amides is 1. The molecule has 0 radical (unpaired) electrons. The van der Waals surface area contributed by atoms with Crippen LogP contribution in [0.2, 0.25) is 0 Å². The molecule has 0 unspecified atom stereocenters. The molecule has 0 saturated carbocycles. The van der Waals surface area contributed by atoms with Gasteiger partial charge in [0.05, 0.1) is 5.60 Å². The number of carbonyl (C=O) groups excluding carboxylic acids is 1. The molecule has 17 heavy (non-hydrogen) atoms. The van der Waals surface area contributed by atoms with Gasteiger partial charge in [-0.25, -0.2) is 0 Å². The molecule has 4 nitrogen and oxygen atoms in total. The standard InChI is InChI=1S/C13H18N2O2/c1-2-13(17)8-15(9-13)7-10-4-3-5-11(6-10)12(14)16/h3-6,17H,2,7-9H2,1H3,(H2,14,16). The number of carbonyl (C=O) groups is 1. The maximum absolute atomic E-state index is 11.0. The third kappa shape index (κ3) is 2.65. The lowest BCUT2D eigenvalue weighted by Crippen LogP contribution is -2.60. The van der Waals surface area contributed by atoms with Crippen molar-refractivity contribution in [3.8, 4) is 0 Å². The van der Waals surface area contributed by atoms with Gasteiger partial charge in [0.1, 0.15) is 0 Å². The Morgan fingerprint density at radius 3 is 2.82 bits per heavy atom. The van der Waals surface area contributed by atoms with E-state index >= 15 is 0 Å². The summed E-state index contributed by atoms with van der Waals surface area (Å²) in [4.78, 5) is 13.2. The van der Waals surface area contributed by atoms with Crippen molar-refractivity contribution in [1.82, 2.24) is 4.90 Å². The van der Waals surface area contributed by atoms with Crippen molar-refractivity contribution in [3.05, 3.63) is 35.4 Å². The van der Waals surface area contributed by atoms with Gasteiger partial charge in [-0.3, -0.25) is 9.69 Å². The summed E-state index contributed by atoms with van der Waals surface area (Å²) in [7, 11) is 0. The molecule has 0 aliphatic carbocycles. The number of nitrogens with two attached hydrogens (primary N) is 1. The van der Waals surface area contributed by atoms with E-state index in [1.54, 1.807) is 6.07 Å². The quantitative estimate of drug-likeness (QED) is 0.807. The molecule has 1 fully saturated rings. The highest BCUT2D eigenvalue weighted by Crippen LogP contribution is 2.25. The molecule has 1 aliphatic heterocycles. The van der Waals surface area contributed by atoms with Gasteiger partial charge in [-0.05, 0) is 24.1 Å². The Kier molecular flexibility index (Phi) is 3.17. The van der Waals surface area contributed by atoms with E-state index in [-0.39, 0.29) is 0 Å². The lowest BCUT2D eigenvalue weighted by Gasteiger charge is -2.46. The van der Waals surface area contributed by atoms with Crippen LogP contribution in [0.25, 0.3) is 0 Å². The Hall–Kier alpha value is -1.39. The highest BCUT2D eigenvalue weighted by molar-refractivity contribution is 5.92. The molecule has 1 aliphatic rings. The molecule has 1 saturated heterocycles. The number of rotatable bonds is 4. The molecular weight excluding hydrogens is 216 g/mol. The van der Waals surface area contributed by atoms with Crippen molar-refractivity contribution in [1.29, 1.82) is 0 Å². The van der Waals surface area contributed by atoms with Gasteiger partial charge in [0.15, 0.2) is 0 Å². The molecule has 3 N–H and O–H groups in total. The Balaban J connectivity index is 1.97. The van der Waals surface area contributed by atoms with Crippen LogP contribution in [-0.4, -0.2) is 34.6 Å². The summed E-state index contributed by atoms with van der Waals surface area (Å²) >= 11 is 0. The van der Waals surface area contributed by atoms with E-state index in [9.17, 15) is 9.90 Å². The summed E-state index contributed by atoms with van der Waals surface area (Å²) in [5.41, 5.74) is 6.31. The summed E-state index contributed by atoms with van der Waals surface area (Å²) in [6.07, 6.45) is 0.783. The second kappa shape index (κ2) is 4.47. The van der Waals surface area contributed by atoms with Crippen LogP contribution in [0.3, 0.4) is 0 Å². The van der Waals surface area contributed by atoms with Crippen LogP contribution in [0.15, 0.2) is 24.3 Å². The van der Waals surface area contributed by atoms with Gasteiger partial charge in [0, 0.05) is 25.2 Å². The summed E-state index contributed by atoms with van der Waals surface area (Å²) in [5.74, 6) is -0.402. The first kappa shape index (κ1) is 12.1. The molecule has 0 atom stereocenters. The van der Waals surface area contributed by atoms with E-state index in [0.29, 0.717) is 18.7 Å². The minimum Gasteiger partial charge on any atom is -0.387 e. The van der Waals surface area contributed by atoms with Crippen molar-refractivity contribution in [3.63, 3.8) is 0 Å². The monoisotopic (exact) mass is 234 g/mol. The lowest BCUT2D eigenvalue weighted by molar-refractivity contribution is -0.103. The molecule has 1 amide bonds. The third-order valence-corrected chi connectivity index (χ3v) is 3.31. The van der Waals surface area contributed by atoms with E-state index in [2.05, 4.69) is 4.90 Å². The predicted molar refractivity (Wildman–Crippen MR) is 65.5 cm³/mol. The molecule has 2 rings (SSSR count). The average molecular weight is 234 g/mol. The predicted octanol–water partition coefficient (Wildman–Crippen LogP) is 0.742. The van der Waals surface area contributed by atoms with Crippen LogP contribution in [-0.2, 0) is 6.54 Å². The summed E-state index contributed by atoms with van der Waals surface area (Å²) < 4.78 is 0. The Bertz CT molecular complexity index is 425. The second-order valence-corrected chi connectivity index (χ2v) is 4.79. The first-order chi connectivity index (χ1) is 8.02. The highest BCUT2D eigenvalue weighted by Gasteiger charge is 2.38. The van der Waals surface area contributed by atoms with Crippen molar-refractivity contribution < 1.29 is 9.90 Å². The van der Waals surface area contributed by atoms with Crippen LogP contribution < -0.4 is 5.73 Å². The summed E-state index contributed by atoms with van der Waals surface area (Å²) in [6, 6.07) is 7.33. The number of nitrogens with zero attached hydrogens (tertiary/aromatic N) is 1. The van der Waals surface area contributed by atoms with Crippen LogP contribution >= 0.6 is 0 Å². The molecule has 0 bridgehead atoms. The van der Waals surface area contributed by atoms with Crippen LogP contribution in [0.4, 0.5) is 0 Å². The van der Waals surface area contributed by atoms with Crippen LogP contribution in [0.5, 0.6) is 0 Å². The average Bonchev–Trinajstić information content (AvgIpc) is 2.27. The van der Waals surface area contributed by atoms with Gasteiger partial charge in [0.25, 0.3) is 0 Å². The Morgan fingerprint density at radius 1 is 1.53 bits per heavy atom. The number of hydrogen-bond donors (Lipinski definition) is 2. The van der Waals surface area contributed by atoms with Gasteiger partial charge < -0.3 is 10.8 Å². The van der Waals surface area contributed by atoms with Crippen molar-refractivity contribution in [2.24, 2.45) is 5.73 Å². The molecule has 1 aromatic rings. The van der Waals surface area contributed by atoms with Crippen LogP contribution in [0, 0.1) is 0 Å². The lowest BCUT2D eigenvalue weighted by atomic mass is 9.91. The zero-order valence-electron chi connectivity index (χ0n) is 10.0. The number of aliphatic hydroxyl groups is 1. The number of benzene rings is 1. The molecule has 1 aromatic carbocycles. The SMILES string of the molecule is CCC1(O)CN(Cc2cccc(C(N)=O)c2)C1. The molecule has 1 heterocycles. The van der Waals surface area contributed by atoms with Gasteiger partial charge in [-0.1, -0.05) is 19.1 Å². The Labute approximate surface area is 101 Å².